The van der Waals surface area contributed by atoms with Crippen LogP contribution in [0.3, 0.4) is 0 Å². The van der Waals surface area contributed by atoms with Crippen LogP contribution >= 0.6 is 0 Å². The van der Waals surface area contributed by atoms with Crippen LogP contribution in [0.4, 0.5) is 0 Å². The van der Waals surface area contributed by atoms with E-state index in [2.05, 4.69) is 18.7 Å². The molecular weight excluding hydrogens is 262 g/mol. The average molecular weight is 289 g/mol. The van der Waals surface area contributed by atoms with Crippen LogP contribution in [0.5, 0.6) is 0 Å². The molecule has 2 rings (SSSR count). The van der Waals surface area contributed by atoms with Crippen molar-refractivity contribution < 1.29 is 9.90 Å². The molecule has 1 aliphatic rings. The third-order valence-electron chi connectivity index (χ3n) is 5.00. The van der Waals surface area contributed by atoms with Crippen molar-refractivity contribution in [3.05, 3.63) is 35.9 Å². The van der Waals surface area contributed by atoms with Crippen LogP contribution in [0.2, 0.25) is 0 Å². The lowest BCUT2D eigenvalue weighted by molar-refractivity contribution is -0.146. The molecule has 1 atom stereocenters. The Morgan fingerprint density at radius 1 is 1.24 bits per heavy atom. The molecule has 1 saturated heterocycles. The SMILES string of the molecule is CCCC(CC)N1CCC(C(=O)O)(c2ccccc2)CC1. The van der Waals surface area contributed by atoms with E-state index in [0.717, 1.165) is 25.1 Å². The van der Waals surface area contributed by atoms with Crippen molar-refractivity contribution in [2.75, 3.05) is 13.1 Å². The second-order valence-electron chi connectivity index (χ2n) is 6.14. The summed E-state index contributed by atoms with van der Waals surface area (Å²) in [5, 5.41) is 9.81. The molecule has 1 aromatic carbocycles. The highest BCUT2D eigenvalue weighted by Gasteiger charge is 2.43. The molecule has 1 fully saturated rings. The molecule has 1 aliphatic heterocycles. The lowest BCUT2D eigenvalue weighted by atomic mass is 9.72. The van der Waals surface area contributed by atoms with E-state index >= 15 is 0 Å². The Bertz CT molecular complexity index is 450. The fourth-order valence-electron chi connectivity index (χ4n) is 3.63. The van der Waals surface area contributed by atoms with E-state index in [1.807, 2.05) is 30.3 Å². The first kappa shape index (κ1) is 16.0. The van der Waals surface area contributed by atoms with Gasteiger partial charge in [0.2, 0.25) is 0 Å². The Kier molecular flexibility index (Phi) is 5.40. The van der Waals surface area contributed by atoms with E-state index in [1.54, 1.807) is 0 Å². The van der Waals surface area contributed by atoms with Crippen molar-refractivity contribution in [2.24, 2.45) is 0 Å². The summed E-state index contributed by atoms with van der Waals surface area (Å²) < 4.78 is 0. The zero-order chi connectivity index (χ0) is 15.3. The van der Waals surface area contributed by atoms with Crippen molar-refractivity contribution in [3.8, 4) is 0 Å². The van der Waals surface area contributed by atoms with Gasteiger partial charge >= 0.3 is 5.97 Å². The van der Waals surface area contributed by atoms with Gasteiger partial charge in [-0.15, -0.1) is 0 Å². The zero-order valence-corrected chi connectivity index (χ0v) is 13.2. The van der Waals surface area contributed by atoms with Gasteiger partial charge in [0.15, 0.2) is 0 Å². The number of hydrogen-bond donors (Lipinski definition) is 1. The Morgan fingerprint density at radius 3 is 2.33 bits per heavy atom. The molecule has 21 heavy (non-hydrogen) atoms. The quantitative estimate of drug-likeness (QED) is 0.868. The normalized spacial score (nSPS) is 20.1. The smallest absolute Gasteiger partial charge is 0.314 e. The number of carboxylic acids is 1. The molecular formula is C18H27NO2. The van der Waals surface area contributed by atoms with E-state index in [0.29, 0.717) is 18.9 Å². The highest BCUT2D eigenvalue weighted by Crippen LogP contribution is 2.37. The van der Waals surface area contributed by atoms with Gasteiger partial charge in [0.05, 0.1) is 5.41 Å². The van der Waals surface area contributed by atoms with Gasteiger partial charge in [-0.05, 0) is 44.3 Å². The predicted molar refractivity (Wildman–Crippen MR) is 85.5 cm³/mol. The van der Waals surface area contributed by atoms with Crippen molar-refractivity contribution in [3.63, 3.8) is 0 Å². The van der Waals surface area contributed by atoms with Gasteiger partial charge in [-0.1, -0.05) is 50.6 Å². The summed E-state index contributed by atoms with van der Waals surface area (Å²) in [6, 6.07) is 10.4. The van der Waals surface area contributed by atoms with Crippen LogP contribution in [-0.4, -0.2) is 35.1 Å². The summed E-state index contributed by atoms with van der Waals surface area (Å²) in [6.07, 6.45) is 4.98. The van der Waals surface area contributed by atoms with Gasteiger partial charge in [-0.2, -0.15) is 0 Å². The first-order chi connectivity index (χ1) is 10.1. The van der Waals surface area contributed by atoms with Crippen molar-refractivity contribution in [2.45, 2.75) is 57.4 Å². The predicted octanol–water partition coefficient (Wildman–Crippen LogP) is 3.68. The third-order valence-corrected chi connectivity index (χ3v) is 5.00. The Hall–Kier alpha value is -1.35. The van der Waals surface area contributed by atoms with E-state index < -0.39 is 11.4 Å². The molecule has 0 amide bonds. The lowest BCUT2D eigenvalue weighted by Gasteiger charge is -2.42. The van der Waals surface area contributed by atoms with Crippen LogP contribution in [0.1, 0.15) is 51.5 Å². The first-order valence-corrected chi connectivity index (χ1v) is 8.17. The lowest BCUT2D eigenvalue weighted by Crippen LogP contribution is -2.50. The van der Waals surface area contributed by atoms with Crippen LogP contribution in [-0.2, 0) is 10.2 Å². The monoisotopic (exact) mass is 289 g/mol. The largest absolute Gasteiger partial charge is 0.481 e. The maximum absolute atomic E-state index is 11.9. The molecule has 0 bridgehead atoms. The Balaban J connectivity index is 2.13. The summed E-state index contributed by atoms with van der Waals surface area (Å²) in [6.45, 7) is 6.23. The maximum atomic E-state index is 11.9. The summed E-state index contributed by atoms with van der Waals surface area (Å²) in [5.74, 6) is -0.670. The molecule has 0 aliphatic carbocycles. The van der Waals surface area contributed by atoms with Gasteiger partial charge in [-0.3, -0.25) is 4.79 Å². The van der Waals surface area contributed by atoms with Gasteiger partial charge in [-0.25, -0.2) is 0 Å². The Labute approximate surface area is 128 Å². The molecule has 3 heteroatoms. The highest BCUT2D eigenvalue weighted by molar-refractivity contribution is 5.81. The van der Waals surface area contributed by atoms with Crippen molar-refractivity contribution in [1.29, 1.82) is 0 Å². The molecule has 1 heterocycles. The van der Waals surface area contributed by atoms with Crippen LogP contribution < -0.4 is 0 Å². The summed E-state index contributed by atoms with van der Waals surface area (Å²) in [4.78, 5) is 14.4. The van der Waals surface area contributed by atoms with Crippen molar-refractivity contribution >= 4 is 5.97 Å². The molecule has 0 radical (unpaired) electrons. The number of piperidine rings is 1. The Morgan fingerprint density at radius 2 is 1.86 bits per heavy atom. The van der Waals surface area contributed by atoms with Gasteiger partial charge in [0, 0.05) is 6.04 Å². The van der Waals surface area contributed by atoms with E-state index in [4.69, 9.17) is 0 Å². The molecule has 0 spiro atoms. The highest BCUT2D eigenvalue weighted by atomic mass is 16.4. The maximum Gasteiger partial charge on any atom is 0.314 e. The fraction of sp³-hybridized carbons (Fsp3) is 0.611. The number of hydrogen-bond acceptors (Lipinski definition) is 2. The number of carboxylic acid groups (broad SMARTS) is 1. The van der Waals surface area contributed by atoms with Crippen LogP contribution in [0.25, 0.3) is 0 Å². The second kappa shape index (κ2) is 7.08. The van der Waals surface area contributed by atoms with E-state index in [1.165, 1.54) is 12.8 Å². The van der Waals surface area contributed by atoms with Crippen molar-refractivity contribution in [1.82, 2.24) is 4.90 Å². The molecule has 3 nitrogen and oxygen atoms in total. The van der Waals surface area contributed by atoms with E-state index in [-0.39, 0.29) is 0 Å². The third kappa shape index (κ3) is 3.29. The first-order valence-electron chi connectivity index (χ1n) is 8.17. The van der Waals surface area contributed by atoms with Crippen LogP contribution in [0, 0.1) is 0 Å². The minimum Gasteiger partial charge on any atom is -0.481 e. The zero-order valence-electron chi connectivity index (χ0n) is 13.2. The summed E-state index contributed by atoms with van der Waals surface area (Å²) >= 11 is 0. The number of aliphatic carboxylic acids is 1. The molecule has 1 N–H and O–H groups in total. The van der Waals surface area contributed by atoms with E-state index in [9.17, 15) is 9.90 Å². The second-order valence-corrected chi connectivity index (χ2v) is 6.14. The minimum atomic E-state index is -0.692. The number of likely N-dealkylation sites (tertiary alicyclic amines) is 1. The number of carbonyl (C=O) groups is 1. The molecule has 116 valence electrons. The topological polar surface area (TPSA) is 40.5 Å². The number of benzene rings is 1. The van der Waals surface area contributed by atoms with Crippen LogP contribution in [0.15, 0.2) is 30.3 Å². The standard InChI is InChI=1S/C18H27NO2/c1-3-8-16(4-2)19-13-11-18(12-14-19,17(20)21)15-9-6-5-7-10-15/h5-7,9-10,16H,3-4,8,11-14H2,1-2H3,(H,20,21). The average Bonchev–Trinajstić information content (AvgIpc) is 2.53. The molecule has 1 unspecified atom stereocenters. The minimum absolute atomic E-state index is 0.609. The fourth-order valence-corrected chi connectivity index (χ4v) is 3.63. The molecule has 0 saturated carbocycles. The molecule has 0 aromatic heterocycles. The molecule has 1 aromatic rings. The van der Waals surface area contributed by atoms with Gasteiger partial charge in [0.1, 0.15) is 0 Å². The summed E-state index contributed by atoms with van der Waals surface area (Å²) in [5.41, 5.74) is 0.267. The number of nitrogens with zero attached hydrogens (tertiary/aromatic N) is 1. The van der Waals surface area contributed by atoms with Gasteiger partial charge in [0.25, 0.3) is 0 Å². The summed E-state index contributed by atoms with van der Waals surface area (Å²) in [7, 11) is 0. The van der Waals surface area contributed by atoms with Gasteiger partial charge < -0.3 is 10.0 Å². The number of rotatable bonds is 6.